The van der Waals surface area contributed by atoms with Crippen molar-refractivity contribution >= 4 is 0 Å². The van der Waals surface area contributed by atoms with Gasteiger partial charge in [-0.05, 0) is 79.1 Å². The summed E-state index contributed by atoms with van der Waals surface area (Å²) < 4.78 is 0. The number of hydrogen-bond donors (Lipinski definition) is 4. The molecular weight excluding hydrogens is 400 g/mol. The largest absolute Gasteiger partial charge is 0.393 e. The van der Waals surface area contributed by atoms with E-state index < -0.39 is 28.8 Å². The molecule has 0 aromatic heterocycles. The van der Waals surface area contributed by atoms with E-state index in [9.17, 15) is 20.4 Å². The first kappa shape index (κ1) is 24.4. The summed E-state index contributed by atoms with van der Waals surface area (Å²) in [6.07, 6.45) is 9.79. The average Bonchev–Trinajstić information content (AvgIpc) is 3.07. The fraction of sp³-hybridized carbons (Fsp3) is 0.857. The van der Waals surface area contributed by atoms with Crippen LogP contribution < -0.4 is 0 Å². The van der Waals surface area contributed by atoms with Crippen molar-refractivity contribution in [3.05, 3.63) is 23.8 Å². The van der Waals surface area contributed by atoms with Gasteiger partial charge in [0.25, 0.3) is 0 Å². The fourth-order valence-corrected chi connectivity index (χ4v) is 8.11. The van der Waals surface area contributed by atoms with Crippen molar-refractivity contribution in [3.63, 3.8) is 0 Å². The summed E-state index contributed by atoms with van der Waals surface area (Å²) in [7, 11) is 0. The minimum atomic E-state index is -1.49. The molecule has 0 bridgehead atoms. The Morgan fingerprint density at radius 2 is 1.62 bits per heavy atom. The van der Waals surface area contributed by atoms with Crippen LogP contribution in [0, 0.1) is 40.4 Å². The second kappa shape index (κ2) is 7.93. The standard InChI is InChI=1S/C28H46O4/c1-17(2)18(3)7-8-19(4)21-9-10-22-23-15-24(30)28(32)16-20(29)11-12-26(28,6)27(23,31)14-13-25(21,22)5/h7-8,15,17-22,24,29-32H,9-14,16H2,1-6H3/b8-7+/t18-,19-,20-,21+,22-,24+,25+,26+,27+,28-/m0/s1. The van der Waals surface area contributed by atoms with Gasteiger partial charge in [0.15, 0.2) is 0 Å². The lowest BCUT2D eigenvalue weighted by molar-refractivity contribution is -0.258. The maximum atomic E-state index is 12.2. The van der Waals surface area contributed by atoms with E-state index >= 15 is 0 Å². The van der Waals surface area contributed by atoms with Crippen molar-refractivity contribution in [1.29, 1.82) is 0 Å². The van der Waals surface area contributed by atoms with Crippen LogP contribution in [0.15, 0.2) is 23.8 Å². The first-order valence-corrected chi connectivity index (χ1v) is 13.0. The van der Waals surface area contributed by atoms with Crippen molar-refractivity contribution in [2.24, 2.45) is 40.4 Å². The van der Waals surface area contributed by atoms with Gasteiger partial charge in [-0.25, -0.2) is 0 Å². The smallest absolute Gasteiger partial charge is 0.105 e. The summed E-state index contributed by atoms with van der Waals surface area (Å²) in [4.78, 5) is 0. The Hall–Kier alpha value is -0.680. The Bertz CT molecular complexity index is 788. The molecule has 4 aliphatic rings. The summed E-state index contributed by atoms with van der Waals surface area (Å²) in [6, 6.07) is 0. The van der Waals surface area contributed by atoms with Crippen molar-refractivity contribution in [3.8, 4) is 0 Å². The topological polar surface area (TPSA) is 80.9 Å². The second-order valence-corrected chi connectivity index (χ2v) is 12.7. The molecule has 0 radical (unpaired) electrons. The number of allylic oxidation sites excluding steroid dienone is 2. The third kappa shape index (κ3) is 3.23. The van der Waals surface area contributed by atoms with E-state index in [2.05, 4.69) is 46.8 Å². The zero-order valence-corrected chi connectivity index (χ0v) is 21.0. The third-order valence-corrected chi connectivity index (χ3v) is 10.9. The van der Waals surface area contributed by atoms with E-state index in [1.165, 1.54) is 0 Å². The highest BCUT2D eigenvalue weighted by Crippen LogP contribution is 2.69. The molecule has 4 N–H and O–H groups in total. The van der Waals surface area contributed by atoms with Gasteiger partial charge in [-0.3, -0.25) is 0 Å². The lowest BCUT2D eigenvalue weighted by Gasteiger charge is -2.65. The molecule has 0 aromatic rings. The van der Waals surface area contributed by atoms with Gasteiger partial charge in [0.05, 0.1) is 11.7 Å². The minimum Gasteiger partial charge on any atom is -0.393 e. The SMILES string of the molecule is CC(C)[C@@H](C)/C=C/[C@H](C)[C@H]1CC[C@H]2C3=C[C@@H](O)[C@@]4(O)C[C@@H](O)CC[C@]4(C)[C@@]3(O)CC[C@]12C. The predicted octanol–water partition coefficient (Wildman–Crippen LogP) is 4.61. The molecule has 0 aromatic carbocycles. The van der Waals surface area contributed by atoms with Crippen LogP contribution >= 0.6 is 0 Å². The average molecular weight is 447 g/mol. The van der Waals surface area contributed by atoms with Gasteiger partial charge in [0.2, 0.25) is 0 Å². The second-order valence-electron chi connectivity index (χ2n) is 12.7. The molecular formula is C28H46O4. The zero-order chi connectivity index (χ0) is 23.7. The molecule has 3 saturated carbocycles. The number of fused-ring (bicyclic) bond motifs is 5. The molecule has 0 heterocycles. The van der Waals surface area contributed by atoms with E-state index in [1.807, 2.05) is 6.92 Å². The zero-order valence-electron chi connectivity index (χ0n) is 21.0. The Balaban J connectivity index is 1.67. The summed E-state index contributed by atoms with van der Waals surface area (Å²) in [6.45, 7) is 13.5. The molecule has 0 unspecified atom stereocenters. The minimum absolute atomic E-state index is 0.0859. The quantitative estimate of drug-likeness (QED) is 0.475. The van der Waals surface area contributed by atoms with Gasteiger partial charge in [0, 0.05) is 11.8 Å². The normalized spacial score (nSPS) is 50.5. The molecule has 32 heavy (non-hydrogen) atoms. The summed E-state index contributed by atoms with van der Waals surface area (Å²) >= 11 is 0. The number of aliphatic hydroxyl groups excluding tert-OH is 2. The van der Waals surface area contributed by atoms with E-state index in [0.717, 1.165) is 24.8 Å². The van der Waals surface area contributed by atoms with Crippen molar-refractivity contribution in [2.45, 2.75) is 110 Å². The van der Waals surface area contributed by atoms with Crippen LogP contribution in [0.25, 0.3) is 0 Å². The number of hydrogen-bond acceptors (Lipinski definition) is 4. The Kier molecular flexibility index (Phi) is 6.06. The highest BCUT2D eigenvalue weighted by molar-refractivity contribution is 5.40. The van der Waals surface area contributed by atoms with Crippen molar-refractivity contribution in [1.82, 2.24) is 0 Å². The summed E-state index contributed by atoms with van der Waals surface area (Å²) in [5, 5.41) is 45.2. The molecule has 4 rings (SSSR count). The van der Waals surface area contributed by atoms with Crippen LogP contribution in [-0.4, -0.2) is 43.8 Å². The molecule has 4 nitrogen and oxygen atoms in total. The lowest BCUT2D eigenvalue weighted by Crippen LogP contribution is -2.72. The van der Waals surface area contributed by atoms with Crippen LogP contribution in [0.3, 0.4) is 0 Å². The van der Waals surface area contributed by atoms with Crippen molar-refractivity contribution in [2.75, 3.05) is 0 Å². The van der Waals surface area contributed by atoms with Crippen molar-refractivity contribution < 1.29 is 20.4 Å². The predicted molar refractivity (Wildman–Crippen MR) is 128 cm³/mol. The highest BCUT2D eigenvalue weighted by Gasteiger charge is 2.70. The molecule has 0 saturated heterocycles. The monoisotopic (exact) mass is 446 g/mol. The van der Waals surface area contributed by atoms with E-state index in [1.54, 1.807) is 6.08 Å². The third-order valence-electron chi connectivity index (χ3n) is 10.9. The van der Waals surface area contributed by atoms with E-state index in [4.69, 9.17) is 0 Å². The summed E-state index contributed by atoms with van der Waals surface area (Å²) in [5.41, 5.74) is -2.40. The van der Waals surface area contributed by atoms with Crippen LogP contribution in [-0.2, 0) is 0 Å². The van der Waals surface area contributed by atoms with Crippen LogP contribution in [0.2, 0.25) is 0 Å². The van der Waals surface area contributed by atoms with Gasteiger partial charge in [-0.15, -0.1) is 0 Å². The van der Waals surface area contributed by atoms with Gasteiger partial charge in [-0.1, -0.05) is 59.8 Å². The van der Waals surface area contributed by atoms with E-state index in [-0.39, 0.29) is 17.8 Å². The number of rotatable bonds is 4. The molecule has 3 fully saturated rings. The van der Waals surface area contributed by atoms with Gasteiger partial charge < -0.3 is 20.4 Å². The highest BCUT2D eigenvalue weighted by atomic mass is 16.4. The van der Waals surface area contributed by atoms with Gasteiger partial charge in [0.1, 0.15) is 11.7 Å². The maximum Gasteiger partial charge on any atom is 0.105 e. The van der Waals surface area contributed by atoms with Gasteiger partial charge >= 0.3 is 0 Å². The summed E-state index contributed by atoms with van der Waals surface area (Å²) in [5.74, 6) is 2.45. The van der Waals surface area contributed by atoms with Crippen LogP contribution in [0.1, 0.15) is 86.5 Å². The maximum absolute atomic E-state index is 12.2. The molecule has 4 aliphatic carbocycles. The Labute approximate surface area is 194 Å². The fourth-order valence-electron chi connectivity index (χ4n) is 8.11. The Morgan fingerprint density at radius 1 is 0.938 bits per heavy atom. The van der Waals surface area contributed by atoms with Crippen LogP contribution in [0.5, 0.6) is 0 Å². The first-order valence-electron chi connectivity index (χ1n) is 13.0. The Morgan fingerprint density at radius 3 is 2.28 bits per heavy atom. The number of aliphatic hydroxyl groups is 4. The lowest BCUT2D eigenvalue weighted by atomic mass is 9.43. The molecule has 0 spiro atoms. The van der Waals surface area contributed by atoms with Gasteiger partial charge in [-0.2, -0.15) is 0 Å². The molecule has 0 aliphatic heterocycles. The van der Waals surface area contributed by atoms with Crippen LogP contribution in [0.4, 0.5) is 0 Å². The van der Waals surface area contributed by atoms with E-state index in [0.29, 0.717) is 42.9 Å². The molecule has 0 amide bonds. The molecule has 10 atom stereocenters. The molecule has 4 heteroatoms. The molecule has 182 valence electrons. The first-order chi connectivity index (χ1) is 14.8.